The normalized spacial score (nSPS) is 12.9. The van der Waals surface area contributed by atoms with Crippen LogP contribution in [-0.2, 0) is 0 Å². The van der Waals surface area contributed by atoms with E-state index in [1.54, 1.807) is 19.2 Å². The molecule has 0 aliphatic rings. The fourth-order valence-electron chi connectivity index (χ4n) is 1.92. The van der Waals surface area contributed by atoms with Gasteiger partial charge < -0.3 is 10.1 Å². The molecule has 0 saturated carbocycles. The van der Waals surface area contributed by atoms with Crippen molar-refractivity contribution in [2.24, 2.45) is 5.41 Å². The number of alkyl halides is 1. The second-order valence-electron chi connectivity index (χ2n) is 5.71. The van der Waals surface area contributed by atoms with Gasteiger partial charge in [-0.2, -0.15) is 0 Å². The number of nitrogens with one attached hydrogen (secondary N) is 1. The molecule has 20 heavy (non-hydrogen) atoms. The lowest BCUT2D eigenvalue weighted by molar-refractivity contribution is 0.0897. The number of benzene rings is 1. The highest BCUT2D eigenvalue weighted by Crippen LogP contribution is 2.26. The summed E-state index contributed by atoms with van der Waals surface area (Å²) >= 11 is 9.19. The summed E-state index contributed by atoms with van der Waals surface area (Å²) in [5.74, 6) is 0.925. The van der Waals surface area contributed by atoms with Gasteiger partial charge in [0.15, 0.2) is 0 Å². The van der Waals surface area contributed by atoms with Crippen molar-refractivity contribution < 1.29 is 9.53 Å². The van der Waals surface area contributed by atoms with Crippen LogP contribution < -0.4 is 10.1 Å². The molecule has 5 heteroatoms. The van der Waals surface area contributed by atoms with Crippen LogP contribution in [0.15, 0.2) is 22.7 Å². The fraction of sp³-hybridized carbons (Fsp3) is 0.533. The van der Waals surface area contributed by atoms with Crippen molar-refractivity contribution in [1.29, 1.82) is 0 Å². The van der Waals surface area contributed by atoms with Crippen LogP contribution in [0.4, 0.5) is 0 Å². The van der Waals surface area contributed by atoms with Gasteiger partial charge in [-0.05, 0) is 30.0 Å². The monoisotopic (exact) mass is 361 g/mol. The Labute approximate surface area is 134 Å². The van der Waals surface area contributed by atoms with Gasteiger partial charge in [0.05, 0.1) is 12.7 Å². The Morgan fingerprint density at radius 3 is 2.60 bits per heavy atom. The Balaban J connectivity index is 2.94. The molecule has 1 unspecified atom stereocenters. The molecule has 1 aromatic carbocycles. The molecule has 0 saturated heterocycles. The molecule has 0 aliphatic carbocycles. The number of amides is 1. The van der Waals surface area contributed by atoms with E-state index in [1.165, 1.54) is 0 Å². The minimum Gasteiger partial charge on any atom is -0.496 e. The van der Waals surface area contributed by atoms with Crippen molar-refractivity contribution in [3.05, 3.63) is 28.2 Å². The maximum atomic E-state index is 12.4. The minimum atomic E-state index is -0.139. The molecule has 0 radical (unpaired) electrons. The van der Waals surface area contributed by atoms with Crippen LogP contribution in [-0.4, -0.2) is 24.9 Å². The fourth-order valence-corrected chi connectivity index (χ4v) is 2.48. The number of carbonyl (C=O) groups excluding carboxylic acids is 1. The van der Waals surface area contributed by atoms with Gasteiger partial charge in [-0.3, -0.25) is 4.79 Å². The summed E-state index contributed by atoms with van der Waals surface area (Å²) in [5, 5.41) is 3.05. The maximum Gasteiger partial charge on any atom is 0.255 e. The molecule has 1 N–H and O–H groups in total. The number of rotatable bonds is 5. The van der Waals surface area contributed by atoms with Crippen molar-refractivity contribution >= 4 is 33.4 Å². The van der Waals surface area contributed by atoms with Gasteiger partial charge in [0.25, 0.3) is 5.91 Å². The molecule has 0 heterocycles. The summed E-state index contributed by atoms with van der Waals surface area (Å²) < 4.78 is 6.13. The van der Waals surface area contributed by atoms with E-state index in [0.29, 0.717) is 17.2 Å². The molecule has 0 fully saturated rings. The number of ether oxygens (including phenoxy) is 1. The Morgan fingerprint density at radius 2 is 2.10 bits per heavy atom. The lowest BCUT2D eigenvalue weighted by Crippen LogP contribution is -2.44. The largest absolute Gasteiger partial charge is 0.496 e. The summed E-state index contributed by atoms with van der Waals surface area (Å²) in [6.07, 6.45) is 0.732. The highest BCUT2D eigenvalue weighted by Gasteiger charge is 2.26. The van der Waals surface area contributed by atoms with Crippen molar-refractivity contribution in [1.82, 2.24) is 5.32 Å². The average molecular weight is 363 g/mol. The lowest BCUT2D eigenvalue weighted by atomic mass is 9.85. The molecule has 0 spiro atoms. The summed E-state index contributed by atoms with van der Waals surface area (Å²) in [6.45, 7) is 6.26. The Kier molecular flexibility index (Phi) is 6.34. The molecule has 0 aliphatic heterocycles. The van der Waals surface area contributed by atoms with Gasteiger partial charge in [0.2, 0.25) is 0 Å². The van der Waals surface area contributed by atoms with Crippen molar-refractivity contribution in [2.45, 2.75) is 33.2 Å². The molecule has 1 rings (SSSR count). The third kappa shape index (κ3) is 4.67. The predicted octanol–water partition coefficient (Wildman–Crippen LogP) is 4.23. The topological polar surface area (TPSA) is 38.3 Å². The van der Waals surface area contributed by atoms with Crippen LogP contribution in [0.25, 0.3) is 0 Å². The summed E-state index contributed by atoms with van der Waals surface area (Å²) in [4.78, 5) is 12.4. The highest BCUT2D eigenvalue weighted by molar-refractivity contribution is 9.10. The second kappa shape index (κ2) is 7.32. The molecule has 112 valence electrons. The van der Waals surface area contributed by atoms with Gasteiger partial charge in [0.1, 0.15) is 5.75 Å². The van der Waals surface area contributed by atoms with E-state index >= 15 is 0 Å². The third-order valence-corrected chi connectivity index (χ3v) is 3.87. The zero-order valence-corrected chi connectivity index (χ0v) is 14.6. The van der Waals surface area contributed by atoms with E-state index in [2.05, 4.69) is 42.0 Å². The van der Waals surface area contributed by atoms with Crippen molar-refractivity contribution in [3.63, 3.8) is 0 Å². The van der Waals surface area contributed by atoms with Crippen LogP contribution in [0, 0.1) is 5.41 Å². The molecule has 3 nitrogen and oxygen atoms in total. The molecule has 0 bridgehead atoms. The van der Waals surface area contributed by atoms with E-state index in [0.717, 1.165) is 10.9 Å². The lowest BCUT2D eigenvalue weighted by Gasteiger charge is -2.31. The van der Waals surface area contributed by atoms with Crippen LogP contribution >= 0.6 is 27.5 Å². The average Bonchev–Trinajstić information content (AvgIpc) is 2.36. The van der Waals surface area contributed by atoms with Gasteiger partial charge >= 0.3 is 0 Å². The molecule has 1 amide bonds. The van der Waals surface area contributed by atoms with Crippen LogP contribution in [0.3, 0.4) is 0 Å². The first-order valence-electron chi connectivity index (χ1n) is 6.50. The quantitative estimate of drug-likeness (QED) is 0.796. The predicted molar refractivity (Wildman–Crippen MR) is 86.7 cm³/mol. The van der Waals surface area contributed by atoms with E-state index in [1.807, 2.05) is 6.07 Å². The Morgan fingerprint density at radius 1 is 1.45 bits per heavy atom. The van der Waals surface area contributed by atoms with Gasteiger partial charge in [0, 0.05) is 16.4 Å². The SMILES string of the molecule is COc1cc(Br)ccc1C(=O)NC(CCCl)C(C)(C)C. The molecule has 1 atom stereocenters. The number of hydrogen-bond donors (Lipinski definition) is 1. The highest BCUT2D eigenvalue weighted by atomic mass is 79.9. The van der Waals surface area contributed by atoms with Gasteiger partial charge in [-0.1, -0.05) is 36.7 Å². The number of methoxy groups -OCH3 is 1. The molecule has 0 aromatic heterocycles. The summed E-state index contributed by atoms with van der Waals surface area (Å²) in [5.41, 5.74) is 0.479. The number of halogens is 2. The second-order valence-corrected chi connectivity index (χ2v) is 7.01. The van der Waals surface area contributed by atoms with Crippen molar-refractivity contribution in [3.8, 4) is 5.75 Å². The third-order valence-electron chi connectivity index (χ3n) is 3.16. The van der Waals surface area contributed by atoms with Crippen LogP contribution in [0.2, 0.25) is 0 Å². The maximum absolute atomic E-state index is 12.4. The first-order chi connectivity index (χ1) is 9.29. The molecular formula is C15H21BrClNO2. The minimum absolute atomic E-state index is 0.0147. The first kappa shape index (κ1) is 17.3. The van der Waals surface area contributed by atoms with E-state index in [-0.39, 0.29) is 17.4 Å². The first-order valence-corrected chi connectivity index (χ1v) is 7.82. The van der Waals surface area contributed by atoms with Gasteiger partial charge in [-0.15, -0.1) is 11.6 Å². The standard InChI is InChI=1S/C15H21BrClNO2/c1-15(2,3)13(7-8-17)18-14(19)11-6-5-10(16)9-12(11)20-4/h5-6,9,13H,7-8H2,1-4H3,(H,18,19). The number of carbonyl (C=O) groups is 1. The Bertz CT molecular complexity index is 471. The van der Waals surface area contributed by atoms with E-state index < -0.39 is 0 Å². The van der Waals surface area contributed by atoms with Gasteiger partial charge in [-0.25, -0.2) is 0 Å². The number of hydrogen-bond acceptors (Lipinski definition) is 2. The van der Waals surface area contributed by atoms with E-state index in [9.17, 15) is 4.79 Å². The van der Waals surface area contributed by atoms with E-state index in [4.69, 9.17) is 16.3 Å². The zero-order valence-electron chi connectivity index (χ0n) is 12.3. The van der Waals surface area contributed by atoms with Crippen LogP contribution in [0.1, 0.15) is 37.6 Å². The summed E-state index contributed by atoms with van der Waals surface area (Å²) in [7, 11) is 1.55. The Hall–Kier alpha value is -0.740. The summed E-state index contributed by atoms with van der Waals surface area (Å²) in [6, 6.07) is 5.37. The van der Waals surface area contributed by atoms with Crippen LogP contribution in [0.5, 0.6) is 5.75 Å². The molecule has 1 aromatic rings. The van der Waals surface area contributed by atoms with Crippen molar-refractivity contribution in [2.75, 3.05) is 13.0 Å². The zero-order chi connectivity index (χ0) is 15.3. The smallest absolute Gasteiger partial charge is 0.255 e. The molecular weight excluding hydrogens is 342 g/mol.